The molecule has 2 rings (SSSR count). The van der Waals surface area contributed by atoms with Gasteiger partial charge in [-0.15, -0.1) is 0 Å². The normalized spacial score (nSPS) is 44.9. The van der Waals surface area contributed by atoms with E-state index in [4.69, 9.17) is 0 Å². The van der Waals surface area contributed by atoms with Gasteiger partial charge in [0.05, 0.1) is 0 Å². The number of rotatable bonds is 0. The second kappa shape index (κ2) is 2.16. The van der Waals surface area contributed by atoms with Gasteiger partial charge in [0.25, 0.3) is 0 Å². The van der Waals surface area contributed by atoms with Gasteiger partial charge in [0, 0.05) is 0 Å². The van der Waals surface area contributed by atoms with Gasteiger partial charge in [-0.3, -0.25) is 0 Å². The molecule has 0 amide bonds. The molecule has 0 nitrogen and oxygen atoms in total. The smallest absolute Gasteiger partial charge is 0.00854 e. The minimum absolute atomic E-state index is 0.503. The Bertz CT molecular complexity index is 224. The molecule has 0 aromatic heterocycles. The summed E-state index contributed by atoms with van der Waals surface area (Å²) in [6.07, 6.45) is 5.50. The molecule has 0 aliphatic heterocycles. The lowest BCUT2D eigenvalue weighted by Gasteiger charge is -2.31. The molecule has 2 aliphatic carbocycles. The van der Waals surface area contributed by atoms with Crippen LogP contribution >= 0.6 is 0 Å². The highest BCUT2D eigenvalue weighted by Gasteiger charge is 2.53. The highest BCUT2D eigenvalue weighted by Crippen LogP contribution is 2.63. The molecule has 0 unspecified atom stereocenters. The first-order chi connectivity index (χ1) is 5.47. The second-order valence-corrected chi connectivity index (χ2v) is 5.63. The molecule has 12 heavy (non-hydrogen) atoms. The van der Waals surface area contributed by atoms with Crippen molar-refractivity contribution in [1.82, 2.24) is 0 Å². The van der Waals surface area contributed by atoms with Crippen LogP contribution in [0.25, 0.3) is 0 Å². The second-order valence-electron chi connectivity index (χ2n) is 5.63. The highest BCUT2D eigenvalue weighted by molar-refractivity contribution is 5.23. The van der Waals surface area contributed by atoms with E-state index in [0.717, 1.165) is 5.92 Å². The molecular weight excluding hydrogens is 144 g/mol. The van der Waals surface area contributed by atoms with Crippen LogP contribution in [0.3, 0.4) is 0 Å². The van der Waals surface area contributed by atoms with E-state index < -0.39 is 0 Å². The third-order valence-corrected chi connectivity index (χ3v) is 4.38. The van der Waals surface area contributed by atoms with Crippen LogP contribution in [0.1, 0.15) is 46.5 Å². The van der Waals surface area contributed by atoms with Gasteiger partial charge in [-0.2, -0.15) is 0 Å². The van der Waals surface area contributed by atoms with Crippen molar-refractivity contribution >= 4 is 0 Å². The summed E-state index contributed by atoms with van der Waals surface area (Å²) >= 11 is 0. The van der Waals surface area contributed by atoms with E-state index >= 15 is 0 Å². The molecule has 0 heteroatoms. The molecule has 2 saturated carbocycles. The molecule has 2 aliphatic rings. The zero-order valence-corrected chi connectivity index (χ0v) is 8.61. The van der Waals surface area contributed by atoms with Crippen molar-refractivity contribution in [1.29, 1.82) is 0 Å². The molecule has 68 valence electrons. The lowest BCUT2D eigenvalue weighted by Crippen LogP contribution is -2.24. The van der Waals surface area contributed by atoms with Crippen LogP contribution < -0.4 is 0 Å². The maximum absolute atomic E-state index is 4.26. The largest absolute Gasteiger partial charge is 0.0993 e. The van der Waals surface area contributed by atoms with E-state index in [0.29, 0.717) is 10.8 Å². The van der Waals surface area contributed by atoms with Gasteiger partial charge >= 0.3 is 0 Å². The van der Waals surface area contributed by atoms with E-state index in [9.17, 15) is 0 Å². The number of allylic oxidation sites excluding steroid dienone is 1. The Morgan fingerprint density at radius 1 is 1.33 bits per heavy atom. The SMILES string of the molecule is C=C1CC(C)(C)[C@H]2CCC[C@@]12C. The van der Waals surface area contributed by atoms with Gasteiger partial charge in [0.1, 0.15) is 0 Å². The Morgan fingerprint density at radius 2 is 2.00 bits per heavy atom. The quantitative estimate of drug-likeness (QED) is 0.478. The Balaban J connectivity index is 2.39. The fraction of sp³-hybridized carbons (Fsp3) is 0.833. The Labute approximate surface area is 76.1 Å². The van der Waals surface area contributed by atoms with Crippen molar-refractivity contribution in [3.63, 3.8) is 0 Å². The summed E-state index contributed by atoms with van der Waals surface area (Å²) in [6, 6.07) is 0. The molecule has 0 bridgehead atoms. The summed E-state index contributed by atoms with van der Waals surface area (Å²) in [5.41, 5.74) is 2.56. The zero-order valence-electron chi connectivity index (χ0n) is 8.61. The van der Waals surface area contributed by atoms with Gasteiger partial charge in [-0.25, -0.2) is 0 Å². The van der Waals surface area contributed by atoms with Gasteiger partial charge in [-0.1, -0.05) is 39.3 Å². The van der Waals surface area contributed by atoms with Crippen LogP contribution in [-0.2, 0) is 0 Å². The molecule has 0 spiro atoms. The molecule has 0 aromatic carbocycles. The predicted octanol–water partition coefficient (Wildman–Crippen LogP) is 3.78. The summed E-state index contributed by atoms with van der Waals surface area (Å²) in [4.78, 5) is 0. The van der Waals surface area contributed by atoms with Crippen molar-refractivity contribution < 1.29 is 0 Å². The van der Waals surface area contributed by atoms with Gasteiger partial charge in [0.2, 0.25) is 0 Å². The third-order valence-electron chi connectivity index (χ3n) is 4.38. The summed E-state index contributed by atoms with van der Waals surface area (Å²) in [5, 5.41) is 0. The first-order valence-electron chi connectivity index (χ1n) is 5.15. The van der Waals surface area contributed by atoms with Crippen molar-refractivity contribution in [3.05, 3.63) is 12.2 Å². The summed E-state index contributed by atoms with van der Waals surface area (Å²) in [7, 11) is 0. The van der Waals surface area contributed by atoms with E-state index in [-0.39, 0.29) is 0 Å². The van der Waals surface area contributed by atoms with E-state index in [1.165, 1.54) is 31.3 Å². The molecular formula is C12H20. The van der Waals surface area contributed by atoms with Crippen LogP contribution in [0.15, 0.2) is 12.2 Å². The van der Waals surface area contributed by atoms with E-state index in [1.54, 1.807) is 0 Å². The van der Waals surface area contributed by atoms with E-state index in [2.05, 4.69) is 27.4 Å². The standard InChI is InChI=1S/C12H20/c1-9-8-11(2,3)10-6-5-7-12(9,10)4/h10H,1,5-8H2,2-4H3/t10-,12+/m1/s1. The minimum atomic E-state index is 0.503. The molecule has 0 saturated heterocycles. The van der Waals surface area contributed by atoms with Crippen molar-refractivity contribution in [2.24, 2.45) is 16.7 Å². The number of hydrogen-bond acceptors (Lipinski definition) is 0. The summed E-state index contributed by atoms with van der Waals surface area (Å²) < 4.78 is 0. The average molecular weight is 164 g/mol. The number of hydrogen-bond donors (Lipinski definition) is 0. The van der Waals surface area contributed by atoms with Crippen LogP contribution in [-0.4, -0.2) is 0 Å². The van der Waals surface area contributed by atoms with Gasteiger partial charge < -0.3 is 0 Å². The molecule has 2 fully saturated rings. The van der Waals surface area contributed by atoms with Crippen molar-refractivity contribution in [3.8, 4) is 0 Å². The Hall–Kier alpha value is -0.260. The summed E-state index contributed by atoms with van der Waals surface area (Å²) in [5.74, 6) is 0.914. The monoisotopic (exact) mass is 164 g/mol. The molecule has 0 N–H and O–H groups in total. The Morgan fingerprint density at radius 3 is 2.58 bits per heavy atom. The van der Waals surface area contributed by atoms with E-state index in [1.807, 2.05) is 0 Å². The van der Waals surface area contributed by atoms with Crippen molar-refractivity contribution in [2.45, 2.75) is 46.5 Å². The van der Waals surface area contributed by atoms with Crippen LogP contribution in [0.2, 0.25) is 0 Å². The molecule has 0 heterocycles. The lowest BCUT2D eigenvalue weighted by molar-refractivity contribution is 0.187. The fourth-order valence-electron chi connectivity index (χ4n) is 3.72. The first-order valence-corrected chi connectivity index (χ1v) is 5.15. The van der Waals surface area contributed by atoms with Crippen LogP contribution in [0.5, 0.6) is 0 Å². The average Bonchev–Trinajstić information content (AvgIpc) is 2.37. The maximum atomic E-state index is 4.26. The van der Waals surface area contributed by atoms with Gasteiger partial charge in [0.15, 0.2) is 0 Å². The first kappa shape index (κ1) is 8.34. The lowest BCUT2D eigenvalue weighted by atomic mass is 9.73. The third kappa shape index (κ3) is 0.841. The minimum Gasteiger partial charge on any atom is -0.0993 e. The maximum Gasteiger partial charge on any atom is -0.00854 e. The molecule has 2 atom stereocenters. The van der Waals surface area contributed by atoms with Crippen molar-refractivity contribution in [2.75, 3.05) is 0 Å². The fourth-order valence-corrected chi connectivity index (χ4v) is 3.72. The zero-order chi connectivity index (χ0) is 8.98. The summed E-state index contributed by atoms with van der Waals surface area (Å²) in [6.45, 7) is 11.5. The predicted molar refractivity (Wildman–Crippen MR) is 53.0 cm³/mol. The topological polar surface area (TPSA) is 0 Å². The highest BCUT2D eigenvalue weighted by atomic mass is 14.6. The van der Waals surface area contributed by atoms with Crippen LogP contribution in [0.4, 0.5) is 0 Å². The number of fused-ring (bicyclic) bond motifs is 1. The molecule has 0 aromatic rings. The molecule has 0 radical (unpaired) electrons. The van der Waals surface area contributed by atoms with Crippen LogP contribution in [0, 0.1) is 16.7 Å². The van der Waals surface area contributed by atoms with Gasteiger partial charge in [-0.05, 0) is 36.0 Å². The Kier molecular flexibility index (Phi) is 1.50.